The highest BCUT2D eigenvalue weighted by Gasteiger charge is 2.53. The number of carboxylic acids is 1. The third-order valence-electron chi connectivity index (χ3n) is 1.67. The van der Waals surface area contributed by atoms with Gasteiger partial charge in [0.2, 0.25) is 0 Å². The SMILES string of the molecule is N=C(N)C1(C(=O)O)CC1. The Bertz CT molecular complexity index is 156. The Hall–Kier alpha value is -1.06. The van der Waals surface area contributed by atoms with E-state index in [1.807, 2.05) is 0 Å². The highest BCUT2D eigenvalue weighted by Crippen LogP contribution is 2.45. The molecule has 4 N–H and O–H groups in total. The van der Waals surface area contributed by atoms with Crippen molar-refractivity contribution < 1.29 is 9.90 Å². The van der Waals surface area contributed by atoms with Crippen LogP contribution >= 0.6 is 0 Å². The lowest BCUT2D eigenvalue weighted by Crippen LogP contribution is -2.31. The van der Waals surface area contributed by atoms with Gasteiger partial charge in [0, 0.05) is 0 Å². The number of amidine groups is 1. The number of aliphatic carboxylic acids is 1. The van der Waals surface area contributed by atoms with E-state index in [9.17, 15) is 4.79 Å². The maximum atomic E-state index is 10.3. The van der Waals surface area contributed by atoms with Crippen molar-refractivity contribution in [1.82, 2.24) is 0 Å². The Morgan fingerprint density at radius 2 is 2.11 bits per heavy atom. The van der Waals surface area contributed by atoms with E-state index < -0.39 is 11.4 Å². The second-order valence-corrected chi connectivity index (χ2v) is 2.30. The van der Waals surface area contributed by atoms with Gasteiger partial charge in [-0.3, -0.25) is 10.2 Å². The number of nitrogens with one attached hydrogen (secondary N) is 1. The second kappa shape index (κ2) is 1.46. The van der Waals surface area contributed by atoms with Crippen LogP contribution in [0.25, 0.3) is 0 Å². The van der Waals surface area contributed by atoms with Gasteiger partial charge in [-0.05, 0) is 12.8 Å². The van der Waals surface area contributed by atoms with Crippen molar-refractivity contribution in [2.24, 2.45) is 11.1 Å². The van der Waals surface area contributed by atoms with Crippen LogP contribution in [0, 0.1) is 10.8 Å². The highest BCUT2D eigenvalue weighted by molar-refractivity contribution is 6.05. The summed E-state index contributed by atoms with van der Waals surface area (Å²) in [6.45, 7) is 0. The van der Waals surface area contributed by atoms with E-state index in [1.54, 1.807) is 0 Å². The van der Waals surface area contributed by atoms with Gasteiger partial charge in [0.05, 0.1) is 0 Å². The van der Waals surface area contributed by atoms with Gasteiger partial charge in [-0.2, -0.15) is 0 Å². The van der Waals surface area contributed by atoms with Crippen molar-refractivity contribution in [2.45, 2.75) is 12.8 Å². The monoisotopic (exact) mass is 128 g/mol. The molecular formula is C5H8N2O2. The fourth-order valence-electron chi connectivity index (χ4n) is 0.723. The van der Waals surface area contributed by atoms with E-state index >= 15 is 0 Å². The fraction of sp³-hybridized carbons (Fsp3) is 0.600. The van der Waals surface area contributed by atoms with Gasteiger partial charge in [0.15, 0.2) is 0 Å². The molecule has 1 aliphatic carbocycles. The topological polar surface area (TPSA) is 87.2 Å². The molecule has 0 aromatic carbocycles. The van der Waals surface area contributed by atoms with Crippen LogP contribution in [0.1, 0.15) is 12.8 Å². The fourth-order valence-corrected chi connectivity index (χ4v) is 0.723. The molecule has 4 heteroatoms. The second-order valence-electron chi connectivity index (χ2n) is 2.30. The maximum absolute atomic E-state index is 10.3. The van der Waals surface area contributed by atoms with Crippen LogP contribution in [0.4, 0.5) is 0 Å². The molecule has 50 valence electrons. The Balaban J connectivity index is 2.75. The summed E-state index contributed by atoms with van der Waals surface area (Å²) >= 11 is 0. The smallest absolute Gasteiger partial charge is 0.317 e. The van der Waals surface area contributed by atoms with Gasteiger partial charge >= 0.3 is 5.97 Å². The van der Waals surface area contributed by atoms with Crippen LogP contribution in [-0.4, -0.2) is 16.9 Å². The largest absolute Gasteiger partial charge is 0.480 e. The molecule has 1 rings (SSSR count). The Morgan fingerprint density at radius 3 is 2.11 bits per heavy atom. The minimum Gasteiger partial charge on any atom is -0.480 e. The Morgan fingerprint density at radius 1 is 1.67 bits per heavy atom. The molecule has 4 nitrogen and oxygen atoms in total. The first-order valence-corrected chi connectivity index (χ1v) is 2.67. The molecule has 0 aromatic heterocycles. The summed E-state index contributed by atoms with van der Waals surface area (Å²) in [5, 5.41) is 15.3. The molecule has 0 amide bonds. The average Bonchev–Trinajstić information content (AvgIpc) is 2.40. The van der Waals surface area contributed by atoms with Gasteiger partial charge in [-0.25, -0.2) is 0 Å². The van der Waals surface area contributed by atoms with E-state index in [2.05, 4.69) is 0 Å². The first kappa shape index (κ1) is 6.07. The quantitative estimate of drug-likeness (QED) is 0.355. The van der Waals surface area contributed by atoms with Gasteiger partial charge in [-0.15, -0.1) is 0 Å². The summed E-state index contributed by atoms with van der Waals surface area (Å²) in [7, 11) is 0. The lowest BCUT2D eigenvalue weighted by Gasteiger charge is -2.04. The van der Waals surface area contributed by atoms with Crippen LogP contribution in [0.3, 0.4) is 0 Å². The lowest BCUT2D eigenvalue weighted by molar-refractivity contribution is -0.140. The first-order valence-electron chi connectivity index (χ1n) is 2.67. The van der Waals surface area contributed by atoms with Gasteiger partial charge in [-0.1, -0.05) is 0 Å². The van der Waals surface area contributed by atoms with E-state index in [-0.39, 0.29) is 5.84 Å². The molecule has 0 saturated heterocycles. The van der Waals surface area contributed by atoms with E-state index in [0.717, 1.165) is 0 Å². The summed E-state index contributed by atoms with van der Waals surface area (Å²) in [5.41, 5.74) is 4.06. The highest BCUT2D eigenvalue weighted by atomic mass is 16.4. The summed E-state index contributed by atoms with van der Waals surface area (Å²) in [5.74, 6) is -1.18. The number of nitrogens with two attached hydrogens (primary N) is 1. The third kappa shape index (κ3) is 0.667. The average molecular weight is 128 g/mol. The molecule has 0 radical (unpaired) electrons. The zero-order valence-electron chi connectivity index (χ0n) is 4.85. The number of rotatable bonds is 2. The predicted octanol–water partition coefficient (Wildman–Crippen LogP) is -0.213. The van der Waals surface area contributed by atoms with Crippen LogP contribution in [0.15, 0.2) is 0 Å². The first-order chi connectivity index (χ1) is 4.09. The van der Waals surface area contributed by atoms with Crippen molar-refractivity contribution in [1.29, 1.82) is 5.41 Å². The normalized spacial score (nSPS) is 20.9. The number of carboxylic acid groups (broad SMARTS) is 1. The van der Waals surface area contributed by atoms with Crippen molar-refractivity contribution >= 4 is 11.8 Å². The molecule has 1 aliphatic rings. The predicted molar refractivity (Wildman–Crippen MR) is 31.2 cm³/mol. The molecule has 0 atom stereocenters. The van der Waals surface area contributed by atoms with Crippen molar-refractivity contribution in [2.75, 3.05) is 0 Å². The molecule has 9 heavy (non-hydrogen) atoms. The summed E-state index contributed by atoms with van der Waals surface area (Å²) in [6, 6.07) is 0. The van der Waals surface area contributed by atoms with Crippen LogP contribution in [-0.2, 0) is 4.79 Å². The van der Waals surface area contributed by atoms with Crippen molar-refractivity contribution in [3.8, 4) is 0 Å². The van der Waals surface area contributed by atoms with Gasteiger partial charge < -0.3 is 10.8 Å². The lowest BCUT2D eigenvalue weighted by atomic mass is 10.1. The van der Waals surface area contributed by atoms with E-state index in [0.29, 0.717) is 12.8 Å². The third-order valence-corrected chi connectivity index (χ3v) is 1.67. The van der Waals surface area contributed by atoms with Crippen LogP contribution < -0.4 is 5.73 Å². The molecule has 0 aliphatic heterocycles. The summed E-state index contributed by atoms with van der Waals surface area (Å²) in [4.78, 5) is 10.3. The van der Waals surface area contributed by atoms with Crippen LogP contribution in [0.5, 0.6) is 0 Å². The molecular weight excluding hydrogens is 120 g/mol. The Labute approximate surface area is 52.2 Å². The number of hydrogen-bond acceptors (Lipinski definition) is 2. The Kier molecular flexibility index (Phi) is 0.986. The molecule has 1 saturated carbocycles. The standard InChI is InChI=1S/C5H8N2O2/c6-3(7)5(1-2-5)4(8)9/h1-2H2,(H3,6,7)(H,8,9). The number of hydrogen-bond donors (Lipinski definition) is 3. The van der Waals surface area contributed by atoms with Crippen molar-refractivity contribution in [3.05, 3.63) is 0 Å². The minimum absolute atomic E-state index is 0.213. The summed E-state index contributed by atoms with van der Waals surface area (Å²) < 4.78 is 0. The maximum Gasteiger partial charge on any atom is 0.317 e. The molecule has 0 unspecified atom stereocenters. The summed E-state index contributed by atoms with van der Waals surface area (Å²) in [6.07, 6.45) is 1.05. The van der Waals surface area contributed by atoms with Gasteiger partial charge in [0.25, 0.3) is 0 Å². The molecule has 0 spiro atoms. The zero-order chi connectivity index (χ0) is 7.07. The minimum atomic E-state index is -0.972. The molecule has 0 aromatic rings. The van der Waals surface area contributed by atoms with E-state index in [1.165, 1.54) is 0 Å². The number of carbonyl (C=O) groups is 1. The molecule has 1 fully saturated rings. The van der Waals surface area contributed by atoms with E-state index in [4.69, 9.17) is 16.2 Å². The molecule has 0 heterocycles. The van der Waals surface area contributed by atoms with Crippen LogP contribution in [0.2, 0.25) is 0 Å². The van der Waals surface area contributed by atoms with Crippen molar-refractivity contribution in [3.63, 3.8) is 0 Å². The zero-order valence-corrected chi connectivity index (χ0v) is 4.85. The molecule has 0 bridgehead atoms. The van der Waals surface area contributed by atoms with Gasteiger partial charge in [0.1, 0.15) is 11.3 Å².